The lowest BCUT2D eigenvalue weighted by Crippen LogP contribution is -2.04. The zero-order valence-corrected chi connectivity index (χ0v) is 21.6. The Morgan fingerprint density at radius 2 is 1.36 bits per heavy atom. The molecular formula is C33H33N3. The van der Waals surface area contributed by atoms with Gasteiger partial charge in [-0.2, -0.15) is 0 Å². The van der Waals surface area contributed by atoms with Crippen LogP contribution in [0.1, 0.15) is 56.6 Å². The summed E-state index contributed by atoms with van der Waals surface area (Å²) in [7, 11) is 0. The van der Waals surface area contributed by atoms with Gasteiger partial charge in [0.1, 0.15) is 11.5 Å². The van der Waals surface area contributed by atoms with E-state index in [1.807, 2.05) is 19.9 Å². The summed E-state index contributed by atoms with van der Waals surface area (Å²) in [5.74, 6) is 1.03. The second kappa shape index (κ2) is 10.3. The third kappa shape index (κ3) is 4.05. The van der Waals surface area contributed by atoms with Gasteiger partial charge >= 0.3 is 0 Å². The van der Waals surface area contributed by atoms with Gasteiger partial charge in [0.2, 0.25) is 0 Å². The number of nitrogens with zero attached hydrogens (tertiary/aromatic N) is 3. The number of para-hydroxylation sites is 3. The molecule has 0 atom stereocenters. The van der Waals surface area contributed by atoms with E-state index in [9.17, 15) is 0 Å². The molecule has 0 bridgehead atoms. The Hall–Kier alpha value is -3.98. The molecule has 0 saturated carbocycles. The molecule has 180 valence electrons. The maximum Gasteiger partial charge on any atom is 0.148 e. The molecule has 0 unspecified atom stereocenters. The molecule has 1 aliphatic rings. The number of aromatic nitrogens is 3. The highest BCUT2D eigenvalue weighted by Crippen LogP contribution is 2.39. The van der Waals surface area contributed by atoms with E-state index < -0.39 is 0 Å². The molecule has 2 aromatic heterocycles. The molecule has 3 heteroatoms. The quantitative estimate of drug-likeness (QED) is 0.252. The lowest BCUT2D eigenvalue weighted by molar-refractivity contribution is 0.958. The van der Waals surface area contributed by atoms with Crippen LogP contribution in [0.3, 0.4) is 0 Å². The average molecular weight is 472 g/mol. The lowest BCUT2D eigenvalue weighted by atomic mass is 9.97. The fourth-order valence-electron chi connectivity index (χ4n) is 5.12. The van der Waals surface area contributed by atoms with E-state index in [0.29, 0.717) is 0 Å². The van der Waals surface area contributed by atoms with Crippen molar-refractivity contribution in [3.63, 3.8) is 0 Å². The van der Waals surface area contributed by atoms with Crippen molar-refractivity contribution < 1.29 is 0 Å². The molecule has 7 rings (SSSR count). The number of hydrogen-bond acceptors (Lipinski definition) is 2. The Bertz CT molecular complexity index is 1660. The molecule has 0 fully saturated rings. The van der Waals surface area contributed by atoms with E-state index >= 15 is 0 Å². The van der Waals surface area contributed by atoms with Gasteiger partial charge in [-0.25, -0.2) is 9.97 Å². The molecule has 4 aromatic carbocycles. The first kappa shape index (κ1) is 23.7. The van der Waals surface area contributed by atoms with Gasteiger partial charge in [-0.1, -0.05) is 101 Å². The molecule has 6 aromatic rings. The van der Waals surface area contributed by atoms with Crippen LogP contribution in [0.2, 0.25) is 0 Å². The highest BCUT2D eigenvalue weighted by molar-refractivity contribution is 5.96. The Labute approximate surface area is 213 Å². The Morgan fingerprint density at radius 1 is 0.694 bits per heavy atom. The minimum atomic E-state index is 0.763. The summed E-state index contributed by atoms with van der Waals surface area (Å²) in [6.07, 6.45) is 3.02. The van der Waals surface area contributed by atoms with E-state index in [-0.39, 0.29) is 0 Å². The molecule has 0 radical (unpaired) electrons. The summed E-state index contributed by atoms with van der Waals surface area (Å²) in [4.78, 5) is 10.1. The smallest absolute Gasteiger partial charge is 0.148 e. The van der Waals surface area contributed by atoms with Crippen molar-refractivity contribution in [3.05, 3.63) is 114 Å². The van der Waals surface area contributed by atoms with E-state index in [2.05, 4.69) is 103 Å². The molecule has 0 amide bonds. The van der Waals surface area contributed by atoms with Gasteiger partial charge in [-0.05, 0) is 58.5 Å². The molecule has 36 heavy (non-hydrogen) atoms. The molecular weight excluding hydrogens is 438 g/mol. The monoisotopic (exact) mass is 471 g/mol. The SMILES string of the molecule is CC.CCC.c1ccc2c(c1)Cc1cccc(Cc3nc4ccccc4c4nc5ccccc5n34)c1-2. The van der Waals surface area contributed by atoms with Crippen molar-refractivity contribution in [1.82, 2.24) is 14.4 Å². The van der Waals surface area contributed by atoms with Gasteiger partial charge in [0.05, 0.1) is 16.6 Å². The number of fused-ring (bicyclic) bond motifs is 8. The lowest BCUT2D eigenvalue weighted by Gasteiger charge is -2.12. The van der Waals surface area contributed by atoms with Crippen molar-refractivity contribution in [2.75, 3.05) is 0 Å². The third-order valence-corrected chi connectivity index (χ3v) is 6.47. The van der Waals surface area contributed by atoms with Gasteiger partial charge in [-0.15, -0.1) is 0 Å². The standard InChI is InChI=1S/C28H19N3.C3H8.C2H6/c1-2-11-21-18(8-1)16-19-9-7-10-20(27(19)21)17-26-29-23-13-4-3-12-22(23)28-30-24-14-5-6-15-25(24)31(26)28;1-3-2;1-2/h1-15H,16-17H2;3H2,1-2H3;1-2H3. The third-order valence-electron chi connectivity index (χ3n) is 6.47. The first-order chi connectivity index (χ1) is 17.8. The Morgan fingerprint density at radius 3 is 2.19 bits per heavy atom. The van der Waals surface area contributed by atoms with E-state index in [0.717, 1.165) is 46.2 Å². The van der Waals surface area contributed by atoms with Gasteiger partial charge in [-0.3, -0.25) is 4.40 Å². The predicted octanol–water partition coefficient (Wildman–Crippen LogP) is 8.64. The molecule has 3 nitrogen and oxygen atoms in total. The Kier molecular flexibility index (Phi) is 6.81. The van der Waals surface area contributed by atoms with Crippen LogP contribution in [0.25, 0.3) is 38.7 Å². The zero-order chi connectivity index (χ0) is 25.1. The maximum absolute atomic E-state index is 5.13. The van der Waals surface area contributed by atoms with Crippen molar-refractivity contribution >= 4 is 27.6 Å². The molecule has 0 saturated heterocycles. The van der Waals surface area contributed by atoms with Gasteiger partial charge in [0.15, 0.2) is 0 Å². The van der Waals surface area contributed by atoms with E-state index in [1.165, 1.54) is 34.2 Å². The van der Waals surface area contributed by atoms with E-state index in [4.69, 9.17) is 9.97 Å². The van der Waals surface area contributed by atoms with Crippen LogP contribution >= 0.6 is 0 Å². The van der Waals surface area contributed by atoms with Crippen LogP contribution in [0, 0.1) is 0 Å². The van der Waals surface area contributed by atoms with Crippen molar-refractivity contribution in [3.8, 4) is 11.1 Å². The number of benzene rings is 4. The van der Waals surface area contributed by atoms with Gasteiger partial charge < -0.3 is 0 Å². The second-order valence-corrected chi connectivity index (χ2v) is 8.97. The van der Waals surface area contributed by atoms with Crippen LogP contribution < -0.4 is 0 Å². The minimum absolute atomic E-state index is 0.763. The highest BCUT2D eigenvalue weighted by atomic mass is 15.1. The number of hydrogen-bond donors (Lipinski definition) is 0. The van der Waals surface area contributed by atoms with Crippen LogP contribution in [0.4, 0.5) is 0 Å². The van der Waals surface area contributed by atoms with E-state index in [1.54, 1.807) is 0 Å². The first-order valence-corrected chi connectivity index (χ1v) is 13.1. The summed E-state index contributed by atoms with van der Waals surface area (Å²) in [5, 5.41) is 1.09. The predicted molar refractivity (Wildman–Crippen MR) is 153 cm³/mol. The van der Waals surface area contributed by atoms with Crippen LogP contribution in [0.15, 0.2) is 91.0 Å². The molecule has 0 spiro atoms. The fraction of sp³-hybridized carbons (Fsp3) is 0.212. The average Bonchev–Trinajstić information content (AvgIpc) is 3.50. The number of imidazole rings is 1. The zero-order valence-electron chi connectivity index (χ0n) is 21.6. The van der Waals surface area contributed by atoms with Crippen molar-refractivity contribution in [2.45, 2.75) is 47.0 Å². The topological polar surface area (TPSA) is 30.2 Å². The summed E-state index contributed by atoms with van der Waals surface area (Å²) in [6, 6.07) is 32.1. The second-order valence-electron chi connectivity index (χ2n) is 8.97. The molecule has 0 aliphatic heterocycles. The summed E-state index contributed by atoms with van der Waals surface area (Å²) in [6.45, 7) is 8.25. The molecule has 1 aliphatic carbocycles. The summed E-state index contributed by atoms with van der Waals surface area (Å²) in [5.41, 5.74) is 11.0. The highest BCUT2D eigenvalue weighted by Gasteiger charge is 2.22. The van der Waals surface area contributed by atoms with Crippen LogP contribution in [-0.4, -0.2) is 14.4 Å². The molecule has 2 heterocycles. The molecule has 0 N–H and O–H groups in total. The normalized spacial score (nSPS) is 11.4. The Balaban J connectivity index is 0.000000499. The summed E-state index contributed by atoms with van der Waals surface area (Å²) >= 11 is 0. The largest absolute Gasteiger partial charge is 0.279 e. The van der Waals surface area contributed by atoms with Gasteiger partial charge in [0.25, 0.3) is 0 Å². The van der Waals surface area contributed by atoms with Gasteiger partial charge in [0, 0.05) is 11.8 Å². The summed E-state index contributed by atoms with van der Waals surface area (Å²) < 4.78 is 2.25. The van der Waals surface area contributed by atoms with Crippen molar-refractivity contribution in [1.29, 1.82) is 0 Å². The maximum atomic E-state index is 5.13. The minimum Gasteiger partial charge on any atom is -0.279 e. The first-order valence-electron chi connectivity index (χ1n) is 13.1. The van der Waals surface area contributed by atoms with Crippen LogP contribution in [0.5, 0.6) is 0 Å². The van der Waals surface area contributed by atoms with Crippen LogP contribution in [-0.2, 0) is 12.8 Å². The fourth-order valence-corrected chi connectivity index (χ4v) is 5.12. The van der Waals surface area contributed by atoms with Crippen molar-refractivity contribution in [2.24, 2.45) is 0 Å². The number of rotatable bonds is 2.